The minimum Gasteiger partial charge on any atom is -0.377 e. The second-order valence-electron chi connectivity index (χ2n) is 6.02. The van der Waals surface area contributed by atoms with Crippen molar-refractivity contribution in [1.29, 1.82) is 0 Å². The number of nitrogens with zero attached hydrogens (tertiary/aromatic N) is 1. The number of hydrogen-bond acceptors (Lipinski definition) is 3. The van der Waals surface area contributed by atoms with Crippen LogP contribution in [0.2, 0.25) is 0 Å². The zero-order valence-corrected chi connectivity index (χ0v) is 12.7. The van der Waals surface area contributed by atoms with E-state index in [2.05, 4.69) is 37.9 Å². The van der Waals surface area contributed by atoms with E-state index in [1.54, 1.807) is 0 Å². The molecule has 0 amide bonds. The number of ether oxygens (including phenoxy) is 1. The van der Waals surface area contributed by atoms with E-state index in [9.17, 15) is 0 Å². The summed E-state index contributed by atoms with van der Waals surface area (Å²) >= 11 is 0. The molecule has 1 aliphatic heterocycles. The summed E-state index contributed by atoms with van der Waals surface area (Å²) in [6.07, 6.45) is 4.11. The van der Waals surface area contributed by atoms with Crippen LogP contribution in [0.15, 0.2) is 0 Å². The highest BCUT2D eigenvalue weighted by Crippen LogP contribution is 2.13. The van der Waals surface area contributed by atoms with Crippen LogP contribution in [0.25, 0.3) is 0 Å². The van der Waals surface area contributed by atoms with Gasteiger partial charge in [0, 0.05) is 32.3 Å². The Labute approximate surface area is 113 Å². The molecule has 1 rings (SSSR count). The molecule has 0 radical (unpaired) electrons. The second-order valence-corrected chi connectivity index (χ2v) is 6.02. The maximum Gasteiger partial charge on any atom is 0.0674 e. The maximum absolute atomic E-state index is 5.74. The van der Waals surface area contributed by atoms with E-state index in [-0.39, 0.29) is 0 Å². The summed E-state index contributed by atoms with van der Waals surface area (Å²) in [7, 11) is 0. The highest BCUT2D eigenvalue weighted by molar-refractivity contribution is 4.77. The van der Waals surface area contributed by atoms with Crippen molar-refractivity contribution in [3.8, 4) is 0 Å². The SMILES string of the molecule is CCCC(CNCC(C)C)N1CCCOC(C)C1. The fourth-order valence-corrected chi connectivity index (χ4v) is 2.64. The van der Waals surface area contributed by atoms with Crippen LogP contribution < -0.4 is 5.32 Å². The summed E-state index contributed by atoms with van der Waals surface area (Å²) in [6, 6.07) is 0.679. The molecule has 0 aromatic heterocycles. The van der Waals surface area contributed by atoms with Gasteiger partial charge < -0.3 is 10.1 Å². The van der Waals surface area contributed by atoms with E-state index in [0.717, 1.165) is 32.2 Å². The van der Waals surface area contributed by atoms with Crippen molar-refractivity contribution in [2.45, 2.75) is 59.1 Å². The molecule has 2 atom stereocenters. The zero-order chi connectivity index (χ0) is 13.4. The van der Waals surface area contributed by atoms with Gasteiger partial charge in [0.05, 0.1) is 6.10 Å². The average Bonchev–Trinajstić information content (AvgIpc) is 2.52. The van der Waals surface area contributed by atoms with Gasteiger partial charge in [-0.15, -0.1) is 0 Å². The van der Waals surface area contributed by atoms with Gasteiger partial charge in [-0.25, -0.2) is 0 Å². The predicted octanol–water partition coefficient (Wildman–Crippen LogP) is 2.51. The van der Waals surface area contributed by atoms with E-state index in [1.807, 2.05) is 0 Å². The highest BCUT2D eigenvalue weighted by atomic mass is 16.5. The van der Waals surface area contributed by atoms with E-state index in [4.69, 9.17) is 4.74 Å². The second kappa shape index (κ2) is 8.89. The first kappa shape index (κ1) is 15.9. The normalized spacial score (nSPS) is 24.2. The molecule has 3 heteroatoms. The third kappa shape index (κ3) is 6.17. The zero-order valence-electron chi connectivity index (χ0n) is 12.7. The molecule has 0 spiro atoms. The van der Waals surface area contributed by atoms with Gasteiger partial charge >= 0.3 is 0 Å². The molecule has 1 fully saturated rings. The molecule has 108 valence electrons. The minimum atomic E-state index is 0.386. The topological polar surface area (TPSA) is 24.5 Å². The molecule has 0 bridgehead atoms. The van der Waals surface area contributed by atoms with Gasteiger partial charge in [0.2, 0.25) is 0 Å². The van der Waals surface area contributed by atoms with Crippen molar-refractivity contribution >= 4 is 0 Å². The van der Waals surface area contributed by atoms with Crippen LogP contribution in [-0.4, -0.2) is 49.8 Å². The Balaban J connectivity index is 2.42. The van der Waals surface area contributed by atoms with Crippen molar-refractivity contribution in [3.05, 3.63) is 0 Å². The first-order chi connectivity index (χ1) is 8.63. The van der Waals surface area contributed by atoms with E-state index in [1.165, 1.54) is 25.8 Å². The lowest BCUT2D eigenvalue weighted by Crippen LogP contribution is -2.45. The van der Waals surface area contributed by atoms with Gasteiger partial charge in [-0.05, 0) is 32.2 Å². The molecule has 0 aliphatic carbocycles. The Morgan fingerprint density at radius 3 is 2.78 bits per heavy atom. The Hall–Kier alpha value is -0.120. The third-order valence-corrected chi connectivity index (χ3v) is 3.55. The summed E-state index contributed by atoms with van der Waals surface area (Å²) in [4.78, 5) is 2.63. The summed E-state index contributed by atoms with van der Waals surface area (Å²) in [5.74, 6) is 0.735. The van der Waals surface area contributed by atoms with Crippen molar-refractivity contribution in [2.24, 2.45) is 5.92 Å². The molecule has 18 heavy (non-hydrogen) atoms. The summed E-state index contributed by atoms with van der Waals surface area (Å²) in [6.45, 7) is 14.5. The lowest BCUT2D eigenvalue weighted by molar-refractivity contribution is 0.0595. The summed E-state index contributed by atoms with van der Waals surface area (Å²) < 4.78 is 5.74. The molecule has 2 unspecified atom stereocenters. The maximum atomic E-state index is 5.74. The van der Waals surface area contributed by atoms with Crippen LogP contribution in [0.1, 0.15) is 47.0 Å². The van der Waals surface area contributed by atoms with Crippen molar-refractivity contribution in [2.75, 3.05) is 32.8 Å². The first-order valence-electron chi connectivity index (χ1n) is 7.69. The molecule has 0 saturated carbocycles. The van der Waals surface area contributed by atoms with Crippen LogP contribution in [-0.2, 0) is 4.74 Å². The quantitative estimate of drug-likeness (QED) is 0.757. The van der Waals surface area contributed by atoms with Gasteiger partial charge in [0.15, 0.2) is 0 Å². The van der Waals surface area contributed by atoms with Gasteiger partial charge in [-0.1, -0.05) is 27.2 Å². The van der Waals surface area contributed by atoms with Gasteiger partial charge in [0.1, 0.15) is 0 Å². The minimum absolute atomic E-state index is 0.386. The molecule has 0 aromatic carbocycles. The fourth-order valence-electron chi connectivity index (χ4n) is 2.64. The van der Waals surface area contributed by atoms with Crippen LogP contribution in [0, 0.1) is 5.92 Å². The van der Waals surface area contributed by atoms with Crippen molar-refractivity contribution < 1.29 is 4.74 Å². The Kier molecular flexibility index (Phi) is 7.87. The Morgan fingerprint density at radius 2 is 2.11 bits per heavy atom. The highest BCUT2D eigenvalue weighted by Gasteiger charge is 2.22. The largest absolute Gasteiger partial charge is 0.377 e. The molecule has 1 N–H and O–H groups in total. The molecular formula is C15H32N2O. The standard InChI is InChI=1S/C15H32N2O/c1-5-7-15(11-16-10-13(2)3)17-8-6-9-18-14(4)12-17/h13-16H,5-12H2,1-4H3. The monoisotopic (exact) mass is 256 g/mol. The number of nitrogens with one attached hydrogen (secondary N) is 1. The number of rotatable bonds is 7. The van der Waals surface area contributed by atoms with Gasteiger partial charge in [-0.3, -0.25) is 4.90 Å². The summed E-state index contributed by atoms with van der Waals surface area (Å²) in [5, 5.41) is 3.62. The lowest BCUT2D eigenvalue weighted by Gasteiger charge is -2.32. The van der Waals surface area contributed by atoms with E-state index < -0.39 is 0 Å². The first-order valence-corrected chi connectivity index (χ1v) is 7.69. The fraction of sp³-hybridized carbons (Fsp3) is 1.00. The van der Waals surface area contributed by atoms with E-state index >= 15 is 0 Å². The lowest BCUT2D eigenvalue weighted by atomic mass is 10.1. The molecule has 0 aromatic rings. The van der Waals surface area contributed by atoms with Crippen molar-refractivity contribution in [3.63, 3.8) is 0 Å². The average molecular weight is 256 g/mol. The Bertz CT molecular complexity index is 209. The predicted molar refractivity (Wildman–Crippen MR) is 78.0 cm³/mol. The smallest absolute Gasteiger partial charge is 0.0674 e. The third-order valence-electron chi connectivity index (χ3n) is 3.55. The molecule has 1 saturated heterocycles. The van der Waals surface area contributed by atoms with Crippen molar-refractivity contribution in [1.82, 2.24) is 10.2 Å². The molecule has 3 nitrogen and oxygen atoms in total. The Morgan fingerprint density at radius 1 is 1.33 bits per heavy atom. The van der Waals surface area contributed by atoms with Crippen LogP contribution in [0.4, 0.5) is 0 Å². The number of hydrogen-bond donors (Lipinski definition) is 1. The van der Waals surface area contributed by atoms with Crippen LogP contribution >= 0.6 is 0 Å². The molecular weight excluding hydrogens is 224 g/mol. The summed E-state index contributed by atoms with van der Waals surface area (Å²) in [5.41, 5.74) is 0. The van der Waals surface area contributed by atoms with Crippen LogP contribution in [0.3, 0.4) is 0 Å². The van der Waals surface area contributed by atoms with E-state index in [0.29, 0.717) is 12.1 Å². The van der Waals surface area contributed by atoms with Gasteiger partial charge in [-0.2, -0.15) is 0 Å². The van der Waals surface area contributed by atoms with Gasteiger partial charge in [0.25, 0.3) is 0 Å². The van der Waals surface area contributed by atoms with Crippen LogP contribution in [0.5, 0.6) is 0 Å². The molecule has 1 aliphatic rings. The molecule has 1 heterocycles.